The predicted octanol–water partition coefficient (Wildman–Crippen LogP) is 2.86. The number of hydrogen-bond acceptors (Lipinski definition) is 3. The maximum atomic E-state index is 11.5. The fourth-order valence-electron chi connectivity index (χ4n) is 1.30. The molecular formula is C11H14ClNO2. The van der Waals surface area contributed by atoms with Gasteiger partial charge in [0.15, 0.2) is 0 Å². The lowest BCUT2D eigenvalue weighted by Gasteiger charge is -2.07. The molecule has 82 valence electrons. The summed E-state index contributed by atoms with van der Waals surface area (Å²) in [6.45, 7) is 4.17. The first kappa shape index (κ1) is 12.0. The molecule has 1 rings (SSSR count). The lowest BCUT2D eigenvalue weighted by atomic mass is 10.1. The van der Waals surface area contributed by atoms with Crippen LogP contribution >= 0.6 is 11.6 Å². The van der Waals surface area contributed by atoms with E-state index in [1.165, 1.54) is 0 Å². The highest BCUT2D eigenvalue weighted by atomic mass is 35.5. The van der Waals surface area contributed by atoms with Gasteiger partial charge in [0.2, 0.25) is 0 Å². The lowest BCUT2D eigenvalue weighted by Crippen LogP contribution is -2.09. The number of esters is 1. The highest BCUT2D eigenvalue weighted by Crippen LogP contribution is 2.14. The monoisotopic (exact) mass is 227 g/mol. The molecule has 1 aromatic rings. The second-order valence-corrected chi connectivity index (χ2v) is 3.49. The van der Waals surface area contributed by atoms with Gasteiger partial charge in [0.05, 0.1) is 17.9 Å². The third kappa shape index (κ3) is 3.20. The Morgan fingerprint density at radius 3 is 2.80 bits per heavy atom. The Morgan fingerprint density at radius 1 is 1.47 bits per heavy atom. The number of halogens is 1. The van der Waals surface area contributed by atoms with Crippen LogP contribution in [-0.2, 0) is 11.2 Å². The van der Waals surface area contributed by atoms with Crippen LogP contribution in [0.3, 0.4) is 0 Å². The molecule has 0 aliphatic rings. The van der Waals surface area contributed by atoms with Crippen molar-refractivity contribution < 1.29 is 9.53 Å². The van der Waals surface area contributed by atoms with E-state index in [2.05, 4.69) is 4.98 Å². The molecule has 0 bridgehead atoms. The number of pyridine rings is 1. The van der Waals surface area contributed by atoms with Gasteiger partial charge in [-0.25, -0.2) is 9.78 Å². The number of carbonyl (C=O) groups excluding carboxylic acids is 1. The smallest absolute Gasteiger partial charge is 0.339 e. The molecule has 4 heteroatoms. The summed E-state index contributed by atoms with van der Waals surface area (Å²) < 4.78 is 4.93. The van der Waals surface area contributed by atoms with E-state index in [9.17, 15) is 4.79 Å². The molecular weight excluding hydrogens is 214 g/mol. The topological polar surface area (TPSA) is 39.2 Å². The van der Waals surface area contributed by atoms with E-state index < -0.39 is 0 Å². The molecule has 1 heterocycles. The van der Waals surface area contributed by atoms with Crippen LogP contribution in [0.5, 0.6) is 0 Å². The van der Waals surface area contributed by atoms with Gasteiger partial charge >= 0.3 is 5.97 Å². The summed E-state index contributed by atoms with van der Waals surface area (Å²) in [6, 6.07) is 3.27. The zero-order valence-electron chi connectivity index (χ0n) is 8.92. The largest absolute Gasteiger partial charge is 0.462 e. The quantitative estimate of drug-likeness (QED) is 0.587. The first-order chi connectivity index (χ1) is 7.19. The fourth-order valence-corrected chi connectivity index (χ4v) is 1.46. The van der Waals surface area contributed by atoms with Crippen LogP contribution in [0.15, 0.2) is 12.1 Å². The summed E-state index contributed by atoms with van der Waals surface area (Å²) in [7, 11) is 0. The molecule has 0 N–H and O–H groups in total. The Bertz CT molecular complexity index is 352. The zero-order chi connectivity index (χ0) is 11.3. The Morgan fingerprint density at radius 2 is 2.20 bits per heavy atom. The summed E-state index contributed by atoms with van der Waals surface area (Å²) in [5.41, 5.74) is 1.23. The summed E-state index contributed by atoms with van der Waals surface area (Å²) >= 11 is 5.77. The minimum absolute atomic E-state index is 0.329. The van der Waals surface area contributed by atoms with Gasteiger partial charge in [0, 0.05) is 0 Å². The molecule has 0 aromatic carbocycles. The van der Waals surface area contributed by atoms with Crippen molar-refractivity contribution in [3.8, 4) is 0 Å². The number of aryl methyl sites for hydroxylation is 1. The molecule has 0 saturated carbocycles. The summed E-state index contributed by atoms with van der Waals surface area (Å²) in [4.78, 5) is 15.7. The normalized spacial score (nSPS) is 10.1. The van der Waals surface area contributed by atoms with Crippen LogP contribution in [0.1, 0.15) is 36.3 Å². The van der Waals surface area contributed by atoms with Gasteiger partial charge in [-0.2, -0.15) is 0 Å². The molecule has 0 radical (unpaired) electrons. The van der Waals surface area contributed by atoms with Crippen LogP contribution in [0.25, 0.3) is 0 Å². The van der Waals surface area contributed by atoms with E-state index in [1.54, 1.807) is 19.1 Å². The van der Waals surface area contributed by atoms with Crippen molar-refractivity contribution in [3.63, 3.8) is 0 Å². The van der Waals surface area contributed by atoms with Crippen LogP contribution in [0, 0.1) is 0 Å². The maximum absolute atomic E-state index is 11.5. The number of nitrogens with zero attached hydrogens (tertiary/aromatic N) is 1. The van der Waals surface area contributed by atoms with Gasteiger partial charge in [-0.05, 0) is 25.5 Å². The average molecular weight is 228 g/mol. The molecule has 0 aliphatic carbocycles. The van der Waals surface area contributed by atoms with Crippen molar-refractivity contribution in [3.05, 3.63) is 28.5 Å². The molecule has 1 aromatic heterocycles. The standard InChI is InChI=1S/C11H14ClNO2/c1-3-5-9-8(11(14)15-4-2)6-7-10(12)13-9/h6-7H,3-5H2,1-2H3. The highest BCUT2D eigenvalue weighted by Gasteiger charge is 2.13. The maximum Gasteiger partial charge on any atom is 0.339 e. The molecule has 15 heavy (non-hydrogen) atoms. The number of rotatable bonds is 4. The Hall–Kier alpha value is -1.09. The van der Waals surface area contributed by atoms with E-state index in [-0.39, 0.29) is 5.97 Å². The van der Waals surface area contributed by atoms with Crippen LogP contribution in [0.2, 0.25) is 5.15 Å². The van der Waals surface area contributed by atoms with Gasteiger partial charge in [0.25, 0.3) is 0 Å². The van der Waals surface area contributed by atoms with Crippen molar-refractivity contribution in [2.24, 2.45) is 0 Å². The van der Waals surface area contributed by atoms with Crippen molar-refractivity contribution in [2.75, 3.05) is 6.61 Å². The first-order valence-corrected chi connectivity index (χ1v) is 5.39. The van der Waals surface area contributed by atoms with Crippen LogP contribution in [0.4, 0.5) is 0 Å². The van der Waals surface area contributed by atoms with E-state index >= 15 is 0 Å². The number of aromatic nitrogens is 1. The predicted molar refractivity (Wildman–Crippen MR) is 59.2 cm³/mol. The zero-order valence-corrected chi connectivity index (χ0v) is 9.67. The molecule has 0 atom stereocenters. The highest BCUT2D eigenvalue weighted by molar-refractivity contribution is 6.29. The minimum Gasteiger partial charge on any atom is -0.462 e. The van der Waals surface area contributed by atoms with E-state index in [1.807, 2.05) is 6.92 Å². The number of carbonyl (C=O) groups is 1. The van der Waals surface area contributed by atoms with Crippen molar-refractivity contribution >= 4 is 17.6 Å². The molecule has 3 nitrogen and oxygen atoms in total. The second-order valence-electron chi connectivity index (χ2n) is 3.10. The van der Waals surface area contributed by atoms with Gasteiger partial charge in [-0.1, -0.05) is 24.9 Å². The second kappa shape index (κ2) is 5.71. The van der Waals surface area contributed by atoms with E-state index in [0.717, 1.165) is 12.8 Å². The van der Waals surface area contributed by atoms with Gasteiger partial charge in [0.1, 0.15) is 5.15 Å². The first-order valence-electron chi connectivity index (χ1n) is 5.01. The van der Waals surface area contributed by atoms with Crippen molar-refractivity contribution in [1.29, 1.82) is 0 Å². The summed E-state index contributed by atoms with van der Waals surface area (Å²) in [5, 5.41) is 0.409. The van der Waals surface area contributed by atoms with Crippen molar-refractivity contribution in [1.82, 2.24) is 4.98 Å². The fraction of sp³-hybridized carbons (Fsp3) is 0.455. The molecule has 0 saturated heterocycles. The molecule has 0 fully saturated rings. The van der Waals surface area contributed by atoms with Gasteiger partial charge in [-0.15, -0.1) is 0 Å². The molecule has 0 spiro atoms. The van der Waals surface area contributed by atoms with Gasteiger partial charge in [-0.3, -0.25) is 0 Å². The third-order valence-corrected chi connectivity index (χ3v) is 2.13. The number of ether oxygens (including phenoxy) is 1. The molecule has 0 aliphatic heterocycles. The average Bonchev–Trinajstić information content (AvgIpc) is 2.18. The van der Waals surface area contributed by atoms with E-state index in [0.29, 0.717) is 23.0 Å². The molecule has 0 unspecified atom stereocenters. The van der Waals surface area contributed by atoms with Crippen molar-refractivity contribution in [2.45, 2.75) is 26.7 Å². The van der Waals surface area contributed by atoms with Gasteiger partial charge < -0.3 is 4.74 Å². The Kier molecular flexibility index (Phi) is 4.56. The van der Waals surface area contributed by atoms with E-state index in [4.69, 9.17) is 16.3 Å². The number of hydrogen-bond donors (Lipinski definition) is 0. The Balaban J connectivity index is 2.99. The van der Waals surface area contributed by atoms with Crippen LogP contribution in [-0.4, -0.2) is 17.6 Å². The minimum atomic E-state index is -0.329. The van der Waals surface area contributed by atoms with Crippen LogP contribution < -0.4 is 0 Å². The summed E-state index contributed by atoms with van der Waals surface area (Å²) in [6.07, 6.45) is 1.65. The lowest BCUT2D eigenvalue weighted by molar-refractivity contribution is 0.0524. The molecule has 0 amide bonds. The summed E-state index contributed by atoms with van der Waals surface area (Å²) in [5.74, 6) is -0.329. The Labute approximate surface area is 94.4 Å². The third-order valence-electron chi connectivity index (χ3n) is 1.92. The SMILES string of the molecule is CCCc1nc(Cl)ccc1C(=O)OCC.